The van der Waals surface area contributed by atoms with E-state index in [9.17, 15) is 14.9 Å². The minimum absolute atomic E-state index is 0.191. The van der Waals surface area contributed by atoms with Gasteiger partial charge in [-0.05, 0) is 42.3 Å². The van der Waals surface area contributed by atoms with E-state index in [1.807, 2.05) is 43.3 Å². The number of ether oxygens (including phenoxy) is 2. The van der Waals surface area contributed by atoms with E-state index < -0.39 is 11.9 Å². The van der Waals surface area contributed by atoms with Crippen LogP contribution in [0.5, 0.6) is 11.5 Å². The van der Waals surface area contributed by atoms with E-state index in [1.54, 1.807) is 36.4 Å². The number of carbonyl (C=O) groups is 2. The first-order chi connectivity index (χ1) is 16.5. The molecule has 170 valence electrons. The number of imide groups is 1. The van der Waals surface area contributed by atoms with Crippen LogP contribution in [0.3, 0.4) is 0 Å². The molecule has 1 aliphatic rings. The number of hydrogen-bond acceptors (Lipinski definition) is 5. The molecule has 7 nitrogen and oxygen atoms in total. The average molecular weight is 453 g/mol. The number of urea groups is 1. The van der Waals surface area contributed by atoms with Gasteiger partial charge < -0.3 is 14.8 Å². The number of benzene rings is 3. The highest BCUT2D eigenvalue weighted by atomic mass is 16.5. The highest BCUT2D eigenvalue weighted by molar-refractivity contribution is 6.13. The minimum Gasteiger partial charge on any atom is -0.493 e. The Morgan fingerprint density at radius 1 is 1.03 bits per heavy atom. The number of methoxy groups -OCH3 is 1. The van der Waals surface area contributed by atoms with Gasteiger partial charge in [0.2, 0.25) is 0 Å². The van der Waals surface area contributed by atoms with E-state index in [4.69, 9.17) is 9.47 Å². The maximum atomic E-state index is 12.8. The Morgan fingerprint density at radius 3 is 2.53 bits per heavy atom. The van der Waals surface area contributed by atoms with Crippen LogP contribution in [0.2, 0.25) is 0 Å². The van der Waals surface area contributed by atoms with Crippen molar-refractivity contribution in [3.05, 3.63) is 100 Å². The summed E-state index contributed by atoms with van der Waals surface area (Å²) in [6.45, 7) is 2.39. The van der Waals surface area contributed by atoms with Gasteiger partial charge in [0.25, 0.3) is 5.91 Å². The fourth-order valence-corrected chi connectivity index (χ4v) is 3.56. The Labute approximate surface area is 197 Å². The molecule has 3 amide bonds. The zero-order valence-corrected chi connectivity index (χ0v) is 18.9. The Morgan fingerprint density at radius 2 is 1.79 bits per heavy atom. The normalized spacial score (nSPS) is 14.1. The Bertz CT molecular complexity index is 1310. The van der Waals surface area contributed by atoms with Crippen LogP contribution < -0.4 is 14.8 Å². The molecule has 1 N–H and O–H groups in total. The second-order valence-corrected chi connectivity index (χ2v) is 7.83. The van der Waals surface area contributed by atoms with Crippen molar-refractivity contribution in [1.29, 1.82) is 5.26 Å². The van der Waals surface area contributed by atoms with Gasteiger partial charge in [0.15, 0.2) is 11.5 Å². The second kappa shape index (κ2) is 9.92. The van der Waals surface area contributed by atoms with Crippen molar-refractivity contribution in [3.8, 4) is 17.6 Å². The Kier molecular flexibility index (Phi) is 6.60. The molecule has 0 unspecified atom stereocenters. The Hall–Kier alpha value is -4.57. The molecule has 0 bridgehead atoms. The summed E-state index contributed by atoms with van der Waals surface area (Å²) in [5.74, 6) is 0.579. The number of aryl methyl sites for hydroxylation is 1. The number of amides is 3. The zero-order chi connectivity index (χ0) is 24.1. The lowest BCUT2D eigenvalue weighted by molar-refractivity contribution is -0.123. The van der Waals surface area contributed by atoms with Gasteiger partial charge in [-0.25, -0.2) is 4.79 Å². The molecule has 0 aliphatic carbocycles. The molecule has 3 aromatic carbocycles. The lowest BCUT2D eigenvalue weighted by Crippen LogP contribution is -2.30. The van der Waals surface area contributed by atoms with Crippen LogP contribution in [-0.2, 0) is 17.9 Å². The zero-order valence-electron chi connectivity index (χ0n) is 18.9. The number of hydrogen-bond donors (Lipinski definition) is 1. The summed E-state index contributed by atoms with van der Waals surface area (Å²) in [7, 11) is 1.52. The molecule has 0 spiro atoms. The third-order valence-electron chi connectivity index (χ3n) is 5.44. The summed E-state index contributed by atoms with van der Waals surface area (Å²) in [6, 6.07) is 21.8. The van der Waals surface area contributed by atoms with Gasteiger partial charge in [-0.2, -0.15) is 5.26 Å². The van der Waals surface area contributed by atoms with Crippen molar-refractivity contribution in [2.45, 2.75) is 20.1 Å². The number of rotatable bonds is 7. The monoisotopic (exact) mass is 453 g/mol. The SMILES string of the molecule is COc1cc(/C=C2/NC(=O)N(Cc3ccc(C)cc3)C2=O)ccc1OCc1ccccc1C#N. The van der Waals surface area contributed by atoms with Gasteiger partial charge in [-0.1, -0.05) is 54.1 Å². The van der Waals surface area contributed by atoms with E-state index in [0.717, 1.165) is 16.7 Å². The van der Waals surface area contributed by atoms with E-state index >= 15 is 0 Å². The fourth-order valence-electron chi connectivity index (χ4n) is 3.56. The van der Waals surface area contributed by atoms with E-state index in [1.165, 1.54) is 12.0 Å². The molecule has 1 aliphatic heterocycles. The standard InChI is InChI=1S/C27H23N3O4/c1-18-7-9-19(10-8-18)16-30-26(31)23(29-27(30)32)13-20-11-12-24(25(14-20)33-2)34-17-22-6-4-3-5-21(22)15-28/h3-14H,16-17H2,1-2H3,(H,29,32)/b23-13+. The van der Waals surface area contributed by atoms with Crippen LogP contribution in [-0.4, -0.2) is 23.9 Å². The molecule has 0 aromatic heterocycles. The van der Waals surface area contributed by atoms with Crippen molar-refractivity contribution < 1.29 is 19.1 Å². The van der Waals surface area contributed by atoms with Crippen LogP contribution in [0.25, 0.3) is 6.08 Å². The van der Waals surface area contributed by atoms with Crippen molar-refractivity contribution in [2.24, 2.45) is 0 Å². The number of carbonyl (C=O) groups excluding carboxylic acids is 2. The van der Waals surface area contributed by atoms with Gasteiger partial charge in [-0.15, -0.1) is 0 Å². The third kappa shape index (κ3) is 4.92. The molecular formula is C27H23N3O4. The lowest BCUT2D eigenvalue weighted by atomic mass is 10.1. The summed E-state index contributed by atoms with van der Waals surface area (Å²) >= 11 is 0. The summed E-state index contributed by atoms with van der Waals surface area (Å²) in [5, 5.41) is 11.9. The smallest absolute Gasteiger partial charge is 0.329 e. The third-order valence-corrected chi connectivity index (χ3v) is 5.44. The van der Waals surface area contributed by atoms with Crippen LogP contribution >= 0.6 is 0 Å². The predicted octanol–water partition coefficient (Wildman–Crippen LogP) is 4.55. The molecule has 0 radical (unpaired) electrons. The van der Waals surface area contributed by atoms with E-state index in [0.29, 0.717) is 22.6 Å². The molecule has 1 fully saturated rings. The van der Waals surface area contributed by atoms with Crippen LogP contribution in [0.1, 0.15) is 27.8 Å². The lowest BCUT2D eigenvalue weighted by Gasteiger charge is -2.12. The van der Waals surface area contributed by atoms with Crippen LogP contribution in [0.15, 0.2) is 72.4 Å². The molecule has 1 saturated heterocycles. The van der Waals surface area contributed by atoms with Crippen molar-refractivity contribution in [2.75, 3.05) is 7.11 Å². The maximum Gasteiger partial charge on any atom is 0.329 e. The first-order valence-corrected chi connectivity index (χ1v) is 10.7. The first-order valence-electron chi connectivity index (χ1n) is 10.7. The van der Waals surface area contributed by atoms with Crippen molar-refractivity contribution in [1.82, 2.24) is 10.2 Å². The van der Waals surface area contributed by atoms with Crippen molar-refractivity contribution >= 4 is 18.0 Å². The van der Waals surface area contributed by atoms with Gasteiger partial charge in [0, 0.05) is 5.56 Å². The summed E-state index contributed by atoms with van der Waals surface area (Å²) < 4.78 is 11.3. The van der Waals surface area contributed by atoms with Crippen molar-refractivity contribution in [3.63, 3.8) is 0 Å². The molecule has 7 heteroatoms. The van der Waals surface area contributed by atoms with E-state index in [-0.39, 0.29) is 18.8 Å². The largest absolute Gasteiger partial charge is 0.493 e. The van der Waals surface area contributed by atoms with Gasteiger partial charge in [0.05, 0.1) is 25.3 Å². The molecule has 1 heterocycles. The first kappa shape index (κ1) is 22.6. The minimum atomic E-state index is -0.458. The average Bonchev–Trinajstić information content (AvgIpc) is 3.11. The molecule has 4 rings (SSSR count). The molecule has 0 saturated carbocycles. The number of nitrogens with one attached hydrogen (secondary N) is 1. The number of nitrogens with zero attached hydrogens (tertiary/aromatic N) is 2. The quantitative estimate of drug-likeness (QED) is 0.419. The summed E-state index contributed by atoms with van der Waals surface area (Å²) in [4.78, 5) is 26.4. The molecule has 34 heavy (non-hydrogen) atoms. The Balaban J connectivity index is 1.49. The topological polar surface area (TPSA) is 91.7 Å². The molecule has 3 aromatic rings. The molecular weight excluding hydrogens is 430 g/mol. The molecule has 0 atom stereocenters. The highest BCUT2D eigenvalue weighted by Crippen LogP contribution is 2.30. The van der Waals surface area contributed by atoms with Crippen LogP contribution in [0, 0.1) is 18.3 Å². The van der Waals surface area contributed by atoms with Crippen LogP contribution in [0.4, 0.5) is 4.79 Å². The van der Waals surface area contributed by atoms with Gasteiger partial charge in [-0.3, -0.25) is 9.69 Å². The predicted molar refractivity (Wildman–Crippen MR) is 127 cm³/mol. The van der Waals surface area contributed by atoms with E-state index in [2.05, 4.69) is 11.4 Å². The fraction of sp³-hybridized carbons (Fsp3) is 0.148. The summed E-state index contributed by atoms with van der Waals surface area (Å²) in [5.41, 5.74) is 4.16. The summed E-state index contributed by atoms with van der Waals surface area (Å²) in [6.07, 6.45) is 1.60. The number of nitriles is 1. The van der Waals surface area contributed by atoms with Gasteiger partial charge >= 0.3 is 6.03 Å². The maximum absolute atomic E-state index is 12.8. The highest BCUT2D eigenvalue weighted by Gasteiger charge is 2.33. The van der Waals surface area contributed by atoms with Gasteiger partial charge in [0.1, 0.15) is 12.3 Å². The second-order valence-electron chi connectivity index (χ2n) is 7.83.